The van der Waals surface area contributed by atoms with Crippen LogP contribution >= 0.6 is 11.3 Å². The highest BCUT2D eigenvalue weighted by molar-refractivity contribution is 7.10. The van der Waals surface area contributed by atoms with Crippen molar-refractivity contribution < 1.29 is 4.79 Å². The van der Waals surface area contributed by atoms with Crippen LogP contribution in [0.3, 0.4) is 0 Å². The van der Waals surface area contributed by atoms with E-state index in [0.717, 1.165) is 45.2 Å². The van der Waals surface area contributed by atoms with Crippen LogP contribution in [0.15, 0.2) is 17.5 Å². The topological polar surface area (TPSA) is 41.1 Å². The van der Waals surface area contributed by atoms with Crippen LogP contribution in [0.5, 0.6) is 0 Å². The average molecular weight is 294 g/mol. The monoisotopic (exact) mass is 294 g/mol. The van der Waals surface area contributed by atoms with E-state index < -0.39 is 0 Å². The minimum Gasteiger partial charge on any atom is -0.348 e. The van der Waals surface area contributed by atoms with E-state index in [1.54, 1.807) is 11.3 Å². The maximum absolute atomic E-state index is 12.8. The van der Waals surface area contributed by atoms with Gasteiger partial charge in [0, 0.05) is 4.88 Å². The molecular weight excluding hydrogens is 268 g/mol. The molecule has 2 N–H and O–H groups in total. The molecule has 1 aromatic rings. The Kier molecular flexibility index (Phi) is 5.61. The van der Waals surface area contributed by atoms with E-state index >= 15 is 0 Å². The number of amides is 1. The number of carbonyl (C=O) groups is 1. The molecule has 0 radical (unpaired) electrons. The van der Waals surface area contributed by atoms with Crippen LogP contribution in [0.25, 0.3) is 0 Å². The van der Waals surface area contributed by atoms with Gasteiger partial charge in [-0.1, -0.05) is 26.3 Å². The highest BCUT2D eigenvalue weighted by Crippen LogP contribution is 2.35. The molecule has 1 amide bonds. The molecule has 1 atom stereocenters. The normalized spacial score (nSPS) is 19.5. The van der Waals surface area contributed by atoms with Gasteiger partial charge in [-0.25, -0.2) is 0 Å². The summed E-state index contributed by atoms with van der Waals surface area (Å²) in [7, 11) is 0. The lowest BCUT2D eigenvalue weighted by Gasteiger charge is -2.37. The summed E-state index contributed by atoms with van der Waals surface area (Å²) in [5.74, 6) is 0.265. The Morgan fingerprint density at radius 2 is 2.20 bits per heavy atom. The number of hydrogen-bond donors (Lipinski definition) is 2. The molecule has 4 heteroatoms. The highest BCUT2D eigenvalue weighted by Gasteiger charge is 2.39. The summed E-state index contributed by atoms with van der Waals surface area (Å²) in [5, 5.41) is 8.76. The van der Waals surface area contributed by atoms with E-state index in [2.05, 4.69) is 42.0 Å². The van der Waals surface area contributed by atoms with Gasteiger partial charge in [-0.15, -0.1) is 11.3 Å². The molecule has 20 heavy (non-hydrogen) atoms. The maximum atomic E-state index is 12.8. The molecule has 0 saturated carbocycles. The standard InChI is InChI=1S/C16H26N2OS/c1-3-7-16(8-10-17-11-9-16)15(19)18-13(4-2)14-6-5-12-20-14/h5-6,12-13,17H,3-4,7-11H2,1-2H3,(H,18,19). The van der Waals surface area contributed by atoms with Crippen molar-refractivity contribution in [3.05, 3.63) is 22.4 Å². The van der Waals surface area contributed by atoms with Crippen molar-refractivity contribution in [2.24, 2.45) is 5.41 Å². The van der Waals surface area contributed by atoms with Crippen molar-refractivity contribution in [3.8, 4) is 0 Å². The summed E-state index contributed by atoms with van der Waals surface area (Å²) in [5.41, 5.74) is -0.148. The highest BCUT2D eigenvalue weighted by atomic mass is 32.1. The van der Waals surface area contributed by atoms with Crippen molar-refractivity contribution in [1.82, 2.24) is 10.6 Å². The molecule has 0 bridgehead atoms. The Balaban J connectivity index is 2.07. The SMILES string of the molecule is CCCC1(C(=O)NC(CC)c2cccs2)CCNCC1. The Bertz CT molecular complexity index is 405. The van der Waals surface area contributed by atoms with E-state index in [9.17, 15) is 4.79 Å². The predicted molar refractivity (Wildman–Crippen MR) is 84.9 cm³/mol. The smallest absolute Gasteiger partial charge is 0.226 e. The first-order chi connectivity index (χ1) is 9.72. The van der Waals surface area contributed by atoms with Crippen LogP contribution in [-0.4, -0.2) is 19.0 Å². The lowest BCUT2D eigenvalue weighted by molar-refractivity contribution is -0.134. The summed E-state index contributed by atoms with van der Waals surface area (Å²) in [6, 6.07) is 4.35. The van der Waals surface area contributed by atoms with Crippen LogP contribution in [0, 0.1) is 5.41 Å². The molecule has 0 aromatic carbocycles. The molecule has 112 valence electrons. The molecule has 0 spiro atoms. The number of rotatable bonds is 6. The van der Waals surface area contributed by atoms with E-state index in [-0.39, 0.29) is 17.4 Å². The van der Waals surface area contributed by atoms with Gasteiger partial charge in [0.05, 0.1) is 11.5 Å². The van der Waals surface area contributed by atoms with Gasteiger partial charge in [-0.3, -0.25) is 4.79 Å². The Morgan fingerprint density at radius 3 is 2.75 bits per heavy atom. The summed E-state index contributed by atoms with van der Waals surface area (Å²) in [4.78, 5) is 14.1. The zero-order chi connectivity index (χ0) is 14.4. The van der Waals surface area contributed by atoms with Crippen molar-refractivity contribution in [3.63, 3.8) is 0 Å². The quantitative estimate of drug-likeness (QED) is 0.843. The summed E-state index contributed by atoms with van der Waals surface area (Å²) in [6.45, 7) is 6.24. The summed E-state index contributed by atoms with van der Waals surface area (Å²) >= 11 is 1.73. The first-order valence-corrected chi connectivity index (χ1v) is 8.65. The number of thiophene rings is 1. The second kappa shape index (κ2) is 7.23. The fourth-order valence-electron chi connectivity index (χ4n) is 3.15. The zero-order valence-electron chi connectivity index (χ0n) is 12.6. The van der Waals surface area contributed by atoms with Gasteiger partial charge in [0.1, 0.15) is 0 Å². The first kappa shape index (κ1) is 15.5. The van der Waals surface area contributed by atoms with E-state index in [1.165, 1.54) is 4.88 Å². The van der Waals surface area contributed by atoms with Crippen LogP contribution in [-0.2, 0) is 4.79 Å². The van der Waals surface area contributed by atoms with Gasteiger partial charge in [0.15, 0.2) is 0 Å². The zero-order valence-corrected chi connectivity index (χ0v) is 13.4. The minimum atomic E-state index is -0.148. The third-order valence-electron chi connectivity index (χ3n) is 4.37. The number of nitrogens with one attached hydrogen (secondary N) is 2. The Labute approximate surface area is 126 Å². The van der Waals surface area contributed by atoms with Crippen LogP contribution < -0.4 is 10.6 Å². The van der Waals surface area contributed by atoms with Gasteiger partial charge in [0.2, 0.25) is 5.91 Å². The molecule has 1 aliphatic rings. The molecule has 0 aliphatic carbocycles. The second-order valence-corrected chi connectivity index (χ2v) is 6.71. The van der Waals surface area contributed by atoms with E-state index in [0.29, 0.717) is 0 Å². The lowest BCUT2D eigenvalue weighted by atomic mass is 9.74. The number of piperidine rings is 1. The third kappa shape index (κ3) is 3.41. The fraction of sp³-hybridized carbons (Fsp3) is 0.688. The van der Waals surface area contributed by atoms with E-state index in [4.69, 9.17) is 0 Å². The first-order valence-electron chi connectivity index (χ1n) is 7.77. The van der Waals surface area contributed by atoms with Gasteiger partial charge >= 0.3 is 0 Å². The van der Waals surface area contributed by atoms with Crippen LogP contribution in [0.4, 0.5) is 0 Å². The summed E-state index contributed by atoms with van der Waals surface area (Å²) < 4.78 is 0. The maximum Gasteiger partial charge on any atom is 0.226 e. The Morgan fingerprint density at radius 1 is 1.45 bits per heavy atom. The van der Waals surface area contributed by atoms with Crippen molar-refractivity contribution in [2.75, 3.05) is 13.1 Å². The average Bonchev–Trinajstić information content (AvgIpc) is 2.99. The largest absolute Gasteiger partial charge is 0.348 e. The minimum absolute atomic E-state index is 0.148. The van der Waals surface area contributed by atoms with Gasteiger partial charge in [-0.2, -0.15) is 0 Å². The summed E-state index contributed by atoms with van der Waals surface area (Å²) in [6.07, 6.45) is 4.96. The molecule has 1 aliphatic heterocycles. The molecular formula is C16H26N2OS. The lowest BCUT2D eigenvalue weighted by Crippen LogP contribution is -2.48. The predicted octanol–water partition coefficient (Wildman–Crippen LogP) is 3.49. The second-order valence-electron chi connectivity index (χ2n) is 5.73. The molecule has 2 heterocycles. The van der Waals surface area contributed by atoms with Crippen molar-refractivity contribution >= 4 is 17.2 Å². The molecule has 3 nitrogen and oxygen atoms in total. The van der Waals surface area contributed by atoms with Gasteiger partial charge < -0.3 is 10.6 Å². The van der Waals surface area contributed by atoms with Crippen LogP contribution in [0.2, 0.25) is 0 Å². The molecule has 1 aromatic heterocycles. The number of carbonyl (C=O) groups excluding carboxylic acids is 1. The molecule has 1 fully saturated rings. The van der Waals surface area contributed by atoms with Crippen molar-refractivity contribution in [1.29, 1.82) is 0 Å². The van der Waals surface area contributed by atoms with Gasteiger partial charge in [0.25, 0.3) is 0 Å². The van der Waals surface area contributed by atoms with Gasteiger partial charge in [-0.05, 0) is 50.2 Å². The molecule has 2 rings (SSSR count). The number of hydrogen-bond acceptors (Lipinski definition) is 3. The fourth-order valence-corrected chi connectivity index (χ4v) is 4.01. The Hall–Kier alpha value is -0.870. The van der Waals surface area contributed by atoms with Crippen LogP contribution in [0.1, 0.15) is 56.9 Å². The van der Waals surface area contributed by atoms with E-state index in [1.807, 2.05) is 0 Å². The molecule has 1 saturated heterocycles. The molecule has 1 unspecified atom stereocenters. The third-order valence-corrected chi connectivity index (χ3v) is 5.36. The van der Waals surface area contributed by atoms with Crippen molar-refractivity contribution in [2.45, 2.75) is 52.0 Å².